The number of non-ortho nitro benzene ring substituents is 1. The molecule has 0 saturated carbocycles. The molecule has 2 aromatic rings. The Hall–Kier alpha value is -2.50. The summed E-state index contributed by atoms with van der Waals surface area (Å²) in [5.41, 5.74) is 0.394. The maximum Gasteiger partial charge on any atom is 0.271 e. The van der Waals surface area contributed by atoms with Crippen LogP contribution in [0, 0.1) is 24.0 Å². The third-order valence-electron chi connectivity index (χ3n) is 3.52. The molecule has 3 N–H and O–H groups in total. The topological polar surface area (TPSA) is 149 Å². The molecule has 11 heteroatoms. The average Bonchev–Trinajstić information content (AvgIpc) is 2.48. The van der Waals surface area contributed by atoms with Crippen molar-refractivity contribution in [1.82, 2.24) is 0 Å². The smallest absolute Gasteiger partial charge is 0.271 e. The van der Waals surface area contributed by atoms with Gasteiger partial charge in [0.15, 0.2) is 0 Å². The lowest BCUT2D eigenvalue weighted by Gasteiger charge is -2.12. The summed E-state index contributed by atoms with van der Waals surface area (Å²) in [6, 6.07) is 7.17. The van der Waals surface area contributed by atoms with Crippen molar-refractivity contribution < 1.29 is 21.8 Å². The summed E-state index contributed by atoms with van der Waals surface area (Å²) in [5, 5.41) is 16.0. The summed E-state index contributed by atoms with van der Waals surface area (Å²) in [5.74, 6) is 0. The molecule has 0 spiro atoms. The van der Waals surface area contributed by atoms with E-state index in [4.69, 9.17) is 5.14 Å². The third kappa shape index (κ3) is 4.13. The molecule has 0 aliphatic carbocycles. The van der Waals surface area contributed by atoms with Gasteiger partial charge < -0.3 is 0 Å². The molecule has 134 valence electrons. The van der Waals surface area contributed by atoms with E-state index in [0.29, 0.717) is 11.1 Å². The van der Waals surface area contributed by atoms with Gasteiger partial charge in [-0.2, -0.15) is 0 Å². The number of primary sulfonamides is 1. The Bertz CT molecular complexity index is 1060. The number of nitrogens with zero attached hydrogens (tertiary/aromatic N) is 1. The normalized spacial score (nSPS) is 12.0. The van der Waals surface area contributed by atoms with E-state index < -0.39 is 25.0 Å². The van der Waals surface area contributed by atoms with Gasteiger partial charge in [0.1, 0.15) is 0 Å². The largest absolute Gasteiger partial charge is 0.280 e. The van der Waals surface area contributed by atoms with Crippen LogP contribution in [0.3, 0.4) is 0 Å². The minimum atomic E-state index is -4.17. The molecule has 0 bridgehead atoms. The van der Waals surface area contributed by atoms with E-state index in [0.717, 1.165) is 12.1 Å². The highest BCUT2D eigenvalue weighted by atomic mass is 32.2. The fourth-order valence-corrected chi connectivity index (χ4v) is 4.09. The quantitative estimate of drug-likeness (QED) is 0.590. The zero-order valence-corrected chi connectivity index (χ0v) is 14.9. The minimum Gasteiger partial charge on any atom is -0.280 e. The molecule has 25 heavy (non-hydrogen) atoms. The van der Waals surface area contributed by atoms with Crippen LogP contribution in [0.5, 0.6) is 0 Å². The van der Waals surface area contributed by atoms with Crippen LogP contribution in [-0.4, -0.2) is 21.8 Å². The number of rotatable bonds is 5. The summed E-state index contributed by atoms with van der Waals surface area (Å²) in [6.07, 6.45) is 0. The first-order chi connectivity index (χ1) is 11.4. The molecule has 0 amide bonds. The Morgan fingerprint density at radius 3 is 2.28 bits per heavy atom. The number of hydrogen-bond acceptors (Lipinski definition) is 6. The monoisotopic (exact) mass is 385 g/mol. The molecule has 0 radical (unpaired) electrons. The Morgan fingerprint density at radius 2 is 1.72 bits per heavy atom. The standard InChI is InChI=1S/C14H15N3O6S2/c1-9-6-12(17(18)19)8-14(10(9)2)25(22,23)16-11-4-3-5-13(7-11)24(15,20)21/h3-8,16H,1-2H3,(H2,15,20,21). The van der Waals surface area contributed by atoms with Gasteiger partial charge in [0.2, 0.25) is 10.0 Å². The van der Waals surface area contributed by atoms with Gasteiger partial charge in [-0.1, -0.05) is 6.07 Å². The van der Waals surface area contributed by atoms with Gasteiger partial charge in [0.05, 0.1) is 20.4 Å². The summed E-state index contributed by atoms with van der Waals surface area (Å²) < 4.78 is 50.1. The van der Waals surface area contributed by atoms with E-state index in [1.54, 1.807) is 6.92 Å². The van der Waals surface area contributed by atoms with Gasteiger partial charge in [0.25, 0.3) is 15.7 Å². The number of nitro groups is 1. The van der Waals surface area contributed by atoms with Gasteiger partial charge in [-0.3, -0.25) is 14.8 Å². The number of sulfonamides is 2. The van der Waals surface area contributed by atoms with Crippen molar-refractivity contribution in [3.63, 3.8) is 0 Å². The van der Waals surface area contributed by atoms with Crippen LogP contribution in [0.25, 0.3) is 0 Å². The maximum absolute atomic E-state index is 12.6. The molecule has 2 rings (SSSR count). The van der Waals surface area contributed by atoms with Gasteiger partial charge in [0, 0.05) is 12.1 Å². The van der Waals surface area contributed by atoms with Crippen LogP contribution in [0.15, 0.2) is 46.2 Å². The Labute approximate surface area is 144 Å². The SMILES string of the molecule is Cc1cc([N+](=O)[O-])cc(S(=O)(=O)Nc2cccc(S(N)(=O)=O)c2)c1C. The van der Waals surface area contributed by atoms with Gasteiger partial charge >= 0.3 is 0 Å². The zero-order chi connectivity index (χ0) is 19.0. The molecule has 9 nitrogen and oxygen atoms in total. The predicted octanol–water partition coefficient (Wildman–Crippen LogP) is 1.66. The Kier molecular flexibility index (Phi) is 4.84. The average molecular weight is 385 g/mol. The van der Waals surface area contributed by atoms with Crippen molar-refractivity contribution in [3.05, 3.63) is 57.6 Å². The predicted molar refractivity (Wildman–Crippen MR) is 91.2 cm³/mol. The second kappa shape index (κ2) is 6.43. The van der Waals surface area contributed by atoms with E-state index >= 15 is 0 Å². The molecule has 0 aromatic heterocycles. The van der Waals surface area contributed by atoms with E-state index in [9.17, 15) is 26.9 Å². The molecule has 0 aliphatic rings. The molecule has 0 saturated heterocycles. The fraction of sp³-hybridized carbons (Fsp3) is 0.143. The highest BCUT2D eigenvalue weighted by molar-refractivity contribution is 7.92. The fourth-order valence-electron chi connectivity index (χ4n) is 2.14. The second-order valence-electron chi connectivity index (χ2n) is 5.32. The summed E-state index contributed by atoms with van der Waals surface area (Å²) in [4.78, 5) is 9.75. The van der Waals surface area contributed by atoms with E-state index in [2.05, 4.69) is 4.72 Å². The molecule has 2 aromatic carbocycles. The van der Waals surface area contributed by atoms with Crippen LogP contribution in [0.1, 0.15) is 11.1 Å². The summed E-state index contributed by atoms with van der Waals surface area (Å²) >= 11 is 0. The van der Waals surface area contributed by atoms with E-state index in [1.807, 2.05) is 0 Å². The molecule has 0 heterocycles. The lowest BCUT2D eigenvalue weighted by Crippen LogP contribution is -2.16. The van der Waals surface area contributed by atoms with E-state index in [-0.39, 0.29) is 21.2 Å². The number of hydrogen-bond donors (Lipinski definition) is 2. The zero-order valence-electron chi connectivity index (χ0n) is 13.3. The lowest BCUT2D eigenvalue weighted by molar-refractivity contribution is -0.385. The number of nitrogens with two attached hydrogens (primary N) is 1. The first kappa shape index (κ1) is 18.8. The number of benzene rings is 2. The number of nitro benzene ring substituents is 1. The maximum atomic E-state index is 12.6. The molecule has 0 unspecified atom stereocenters. The number of anilines is 1. The van der Waals surface area contributed by atoms with Crippen molar-refractivity contribution in [2.45, 2.75) is 23.6 Å². The van der Waals surface area contributed by atoms with Crippen molar-refractivity contribution >= 4 is 31.4 Å². The molecule has 0 aliphatic heterocycles. The second-order valence-corrected chi connectivity index (χ2v) is 8.53. The molecule has 0 fully saturated rings. The highest BCUT2D eigenvalue weighted by Crippen LogP contribution is 2.27. The number of nitrogens with one attached hydrogen (secondary N) is 1. The van der Waals surface area contributed by atoms with Crippen molar-refractivity contribution in [1.29, 1.82) is 0 Å². The summed E-state index contributed by atoms with van der Waals surface area (Å²) in [6.45, 7) is 3.08. The van der Waals surface area contributed by atoms with Crippen molar-refractivity contribution in [2.75, 3.05) is 4.72 Å². The summed E-state index contributed by atoms with van der Waals surface area (Å²) in [7, 11) is -8.18. The van der Waals surface area contributed by atoms with Crippen LogP contribution in [0.4, 0.5) is 11.4 Å². The first-order valence-corrected chi connectivity index (χ1v) is 9.86. The van der Waals surface area contributed by atoms with E-state index in [1.165, 1.54) is 31.2 Å². The third-order valence-corrected chi connectivity index (χ3v) is 5.94. The van der Waals surface area contributed by atoms with Gasteiger partial charge in [-0.25, -0.2) is 22.0 Å². The molecular weight excluding hydrogens is 370 g/mol. The molecule has 0 atom stereocenters. The Morgan fingerprint density at radius 1 is 1.08 bits per heavy atom. The van der Waals surface area contributed by atoms with Crippen LogP contribution < -0.4 is 9.86 Å². The van der Waals surface area contributed by atoms with Crippen LogP contribution in [-0.2, 0) is 20.0 Å². The van der Waals surface area contributed by atoms with Gasteiger partial charge in [-0.05, 0) is 43.2 Å². The molecular formula is C14H15N3O6S2. The Balaban J connectivity index is 2.53. The number of aryl methyl sites for hydroxylation is 1. The van der Waals surface area contributed by atoms with Crippen molar-refractivity contribution in [2.24, 2.45) is 5.14 Å². The first-order valence-electron chi connectivity index (χ1n) is 6.83. The highest BCUT2D eigenvalue weighted by Gasteiger charge is 2.23. The van der Waals surface area contributed by atoms with Crippen LogP contribution in [0.2, 0.25) is 0 Å². The van der Waals surface area contributed by atoms with Gasteiger partial charge in [-0.15, -0.1) is 0 Å². The minimum absolute atomic E-state index is 0.0323. The van der Waals surface area contributed by atoms with Crippen LogP contribution >= 0.6 is 0 Å². The lowest BCUT2D eigenvalue weighted by atomic mass is 10.1. The van der Waals surface area contributed by atoms with Crippen molar-refractivity contribution in [3.8, 4) is 0 Å².